The molecule has 0 bridgehead atoms. The molecule has 4 aliphatic rings. The summed E-state index contributed by atoms with van der Waals surface area (Å²) >= 11 is 7.93. The molecule has 66 heavy (non-hydrogen) atoms. The third kappa shape index (κ3) is 11.7. The summed E-state index contributed by atoms with van der Waals surface area (Å²) in [4.78, 5) is 87.7. The second-order valence-corrected chi connectivity index (χ2v) is 17.8. The van der Waals surface area contributed by atoms with Gasteiger partial charge < -0.3 is 51.3 Å². The highest BCUT2D eigenvalue weighted by molar-refractivity contribution is 7.99. The van der Waals surface area contributed by atoms with Crippen LogP contribution in [-0.2, 0) is 38.1 Å². The first-order valence-electron chi connectivity index (χ1n) is 21.9. The van der Waals surface area contributed by atoms with E-state index in [1.807, 2.05) is 6.92 Å². The molecular formula is C44H55ClN10O10S. The number of anilines is 4. The lowest BCUT2D eigenvalue weighted by atomic mass is 9.73. The second kappa shape index (κ2) is 22.4. The van der Waals surface area contributed by atoms with Gasteiger partial charge in [-0.15, -0.1) is 0 Å². The largest absolute Gasteiger partial charge is 0.383 e. The van der Waals surface area contributed by atoms with Crippen LogP contribution >= 0.6 is 23.4 Å². The summed E-state index contributed by atoms with van der Waals surface area (Å²) < 4.78 is 22.5. The first-order valence-corrected chi connectivity index (χ1v) is 23.1. The third-order valence-corrected chi connectivity index (χ3v) is 13.6. The lowest BCUT2D eigenvalue weighted by Gasteiger charge is -2.41. The van der Waals surface area contributed by atoms with Crippen LogP contribution in [0.2, 0.25) is 5.02 Å². The number of nitrogens with one attached hydrogen (secondary N) is 4. The fourth-order valence-electron chi connectivity index (χ4n) is 8.24. The molecule has 6 amide bonds. The number of aromatic nitrogens is 2. The van der Waals surface area contributed by atoms with Gasteiger partial charge in [0.15, 0.2) is 5.82 Å². The molecular weight excluding hydrogens is 896 g/mol. The highest BCUT2D eigenvalue weighted by Gasteiger charge is 2.48. The smallest absolute Gasteiger partial charge is 0.262 e. The number of imide groups is 2. The fourth-order valence-corrected chi connectivity index (χ4v) is 9.34. The maximum Gasteiger partial charge on any atom is 0.262 e. The number of carbonyl (C=O) groups excluding carboxylic acids is 6. The van der Waals surface area contributed by atoms with E-state index in [2.05, 4.69) is 36.1 Å². The van der Waals surface area contributed by atoms with Gasteiger partial charge in [0.1, 0.15) is 16.9 Å². The number of ether oxygens (including phenoxy) is 4. The van der Waals surface area contributed by atoms with Crippen LogP contribution in [-0.4, -0.2) is 141 Å². The van der Waals surface area contributed by atoms with Crippen LogP contribution in [0.25, 0.3) is 0 Å². The Labute approximate surface area is 390 Å². The van der Waals surface area contributed by atoms with Gasteiger partial charge in [0.25, 0.3) is 11.8 Å². The Morgan fingerprint density at radius 1 is 0.955 bits per heavy atom. The molecule has 8 N–H and O–H groups in total. The normalized spacial score (nSPS) is 20.1. The summed E-state index contributed by atoms with van der Waals surface area (Å²) in [5.74, 6) is -1.90. The SMILES string of the molecule is C[C@@H]1OCC2(CCN(c3cnc(Sc4cccc(NC(=O)CCC(=O)NCCOCCOCCOCCNc5ccc6c(c5)C(=O)N(C5CCC(=O)NC5=O)C6=O)c4Cl)c(N)n3)CC2)[C@@H]1N. The molecule has 0 saturated carbocycles. The predicted molar refractivity (Wildman–Crippen MR) is 244 cm³/mol. The molecule has 4 aliphatic heterocycles. The van der Waals surface area contributed by atoms with Gasteiger partial charge in [-0.05, 0) is 56.5 Å². The Balaban J connectivity index is 0.704. The van der Waals surface area contributed by atoms with Gasteiger partial charge in [0.05, 0.1) is 80.4 Å². The van der Waals surface area contributed by atoms with Crippen molar-refractivity contribution in [2.75, 3.05) is 93.7 Å². The average molecular weight is 952 g/mol. The van der Waals surface area contributed by atoms with E-state index < -0.39 is 29.7 Å². The molecule has 1 unspecified atom stereocenters. The van der Waals surface area contributed by atoms with Crippen molar-refractivity contribution in [2.24, 2.45) is 11.1 Å². The molecule has 3 aromatic rings. The summed E-state index contributed by atoms with van der Waals surface area (Å²) in [6.45, 7) is 6.91. The number of nitrogens with two attached hydrogens (primary N) is 2. The van der Waals surface area contributed by atoms with E-state index >= 15 is 0 Å². The van der Waals surface area contributed by atoms with E-state index in [9.17, 15) is 28.8 Å². The Bertz CT molecular complexity index is 2300. The number of fused-ring (bicyclic) bond motifs is 1. The molecule has 354 valence electrons. The zero-order chi connectivity index (χ0) is 46.8. The molecule has 20 nitrogen and oxygen atoms in total. The molecule has 0 aliphatic carbocycles. The first-order chi connectivity index (χ1) is 31.8. The van der Waals surface area contributed by atoms with Crippen molar-refractivity contribution in [2.45, 2.75) is 73.6 Å². The van der Waals surface area contributed by atoms with Crippen molar-refractivity contribution >= 4 is 81.8 Å². The zero-order valence-electron chi connectivity index (χ0n) is 36.6. The van der Waals surface area contributed by atoms with E-state index in [4.69, 9.17) is 42.0 Å². The summed E-state index contributed by atoms with van der Waals surface area (Å²) in [6.07, 6.45) is 3.65. The second-order valence-electron chi connectivity index (χ2n) is 16.4. The van der Waals surface area contributed by atoms with Gasteiger partial charge in [-0.25, -0.2) is 9.97 Å². The van der Waals surface area contributed by atoms with Crippen LogP contribution in [0, 0.1) is 5.41 Å². The zero-order valence-corrected chi connectivity index (χ0v) is 38.2. The number of amides is 6. The lowest BCUT2D eigenvalue weighted by molar-refractivity contribution is -0.136. The Kier molecular flexibility index (Phi) is 16.4. The van der Waals surface area contributed by atoms with Crippen molar-refractivity contribution in [1.29, 1.82) is 0 Å². The summed E-state index contributed by atoms with van der Waals surface area (Å²) in [5.41, 5.74) is 14.2. The van der Waals surface area contributed by atoms with Gasteiger partial charge in [-0.2, -0.15) is 0 Å². The summed E-state index contributed by atoms with van der Waals surface area (Å²) in [6, 6.07) is 9.02. The van der Waals surface area contributed by atoms with Crippen molar-refractivity contribution in [3.05, 3.63) is 58.7 Å². The standard InChI is InChI=1S/C44H55ClN10O10S/c1-26-38(46)44(25-65-26)11-15-54(16-12-44)33-24-50-41(39(47)52-33)66-32-4-2-3-30(37(32)45)51-35(57)10-9-34(56)49-14-18-63-20-22-64-21-19-62-17-13-48-27-5-6-28-29(23-27)43(61)55(42(28)60)31-7-8-36(58)53-40(31)59/h2-6,23-24,26,31,38,48H,7-22,25,46H2,1H3,(H2,47,52)(H,49,56)(H,51,57)(H,53,58,59)/t26-,31?,38+/m0/s1. The molecule has 3 fully saturated rings. The monoisotopic (exact) mass is 950 g/mol. The molecule has 5 heterocycles. The minimum absolute atomic E-state index is 0.00628. The van der Waals surface area contributed by atoms with Gasteiger partial charge in [0, 0.05) is 67.5 Å². The molecule has 2 aromatic carbocycles. The minimum atomic E-state index is -1.02. The predicted octanol–water partition coefficient (Wildman–Crippen LogP) is 2.59. The molecule has 7 rings (SSSR count). The van der Waals surface area contributed by atoms with Crippen molar-refractivity contribution < 1.29 is 47.7 Å². The first kappa shape index (κ1) is 48.5. The fraction of sp³-hybridized carbons (Fsp3) is 0.500. The third-order valence-electron chi connectivity index (χ3n) is 12.0. The summed E-state index contributed by atoms with van der Waals surface area (Å²) in [7, 11) is 0. The number of nitrogen functional groups attached to an aromatic ring is 1. The molecule has 1 spiro atoms. The number of piperidine rings is 2. The van der Waals surface area contributed by atoms with E-state index in [1.165, 1.54) is 17.8 Å². The van der Waals surface area contributed by atoms with Crippen molar-refractivity contribution in [3.8, 4) is 0 Å². The van der Waals surface area contributed by atoms with E-state index in [0.29, 0.717) is 78.3 Å². The van der Waals surface area contributed by atoms with Crippen LogP contribution in [0.5, 0.6) is 0 Å². The maximum atomic E-state index is 13.0. The molecule has 22 heteroatoms. The number of hydrogen-bond donors (Lipinski definition) is 6. The maximum absolute atomic E-state index is 13.0. The Hall–Kier alpha value is -5.42. The van der Waals surface area contributed by atoms with E-state index in [1.54, 1.807) is 36.5 Å². The van der Waals surface area contributed by atoms with Gasteiger partial charge >= 0.3 is 0 Å². The molecule has 3 saturated heterocycles. The minimum Gasteiger partial charge on any atom is -0.383 e. The highest BCUT2D eigenvalue weighted by Crippen LogP contribution is 2.43. The van der Waals surface area contributed by atoms with Gasteiger partial charge in [-0.3, -0.25) is 39.0 Å². The van der Waals surface area contributed by atoms with Crippen LogP contribution in [0.1, 0.15) is 66.2 Å². The van der Waals surface area contributed by atoms with Crippen molar-refractivity contribution in [1.82, 2.24) is 25.5 Å². The topological polar surface area (TPSA) is 272 Å². The number of halogens is 1. The van der Waals surface area contributed by atoms with Crippen LogP contribution in [0.15, 0.2) is 52.5 Å². The van der Waals surface area contributed by atoms with E-state index in [0.717, 1.165) is 30.8 Å². The molecule has 0 radical (unpaired) electrons. The highest BCUT2D eigenvalue weighted by atomic mass is 35.5. The van der Waals surface area contributed by atoms with Crippen LogP contribution < -0.4 is 37.6 Å². The van der Waals surface area contributed by atoms with Crippen LogP contribution in [0.4, 0.5) is 23.0 Å². The lowest BCUT2D eigenvalue weighted by Crippen LogP contribution is -2.54. The molecule has 3 atom stereocenters. The summed E-state index contributed by atoms with van der Waals surface area (Å²) in [5, 5.41) is 11.7. The van der Waals surface area contributed by atoms with Gasteiger partial charge in [0.2, 0.25) is 23.6 Å². The quantitative estimate of drug-likeness (QED) is 0.0662. The molecule has 1 aromatic heterocycles. The number of hydrogen-bond acceptors (Lipinski definition) is 17. The number of rotatable bonds is 21. The Morgan fingerprint density at radius 3 is 2.35 bits per heavy atom. The van der Waals surface area contributed by atoms with E-state index in [-0.39, 0.29) is 85.2 Å². The van der Waals surface area contributed by atoms with Gasteiger partial charge in [-0.1, -0.05) is 29.4 Å². The number of carbonyl (C=O) groups is 6. The van der Waals surface area contributed by atoms with Crippen molar-refractivity contribution in [3.63, 3.8) is 0 Å². The number of benzene rings is 2. The van der Waals surface area contributed by atoms with Crippen LogP contribution in [0.3, 0.4) is 0 Å². The number of nitrogens with zero attached hydrogens (tertiary/aromatic N) is 4. The Morgan fingerprint density at radius 2 is 1.65 bits per heavy atom. The average Bonchev–Trinajstić information content (AvgIpc) is 3.71.